The predicted molar refractivity (Wildman–Crippen MR) is 106 cm³/mol. The molecule has 0 spiro atoms. The molecule has 0 aliphatic carbocycles. The number of ether oxygens (including phenoxy) is 1. The number of aromatic amines is 1. The highest BCUT2D eigenvalue weighted by molar-refractivity contribution is 6.44. The van der Waals surface area contributed by atoms with Crippen molar-refractivity contribution in [2.75, 3.05) is 33.8 Å². The number of amides is 1. The van der Waals surface area contributed by atoms with Crippen molar-refractivity contribution in [3.8, 4) is 17.1 Å². The van der Waals surface area contributed by atoms with Crippen LogP contribution in [0.25, 0.3) is 22.6 Å². The Morgan fingerprint density at radius 3 is 2.70 bits per heavy atom. The number of imidazole rings is 1. The van der Waals surface area contributed by atoms with Gasteiger partial charge in [0.2, 0.25) is 0 Å². The number of carbonyl (C=O) groups is 1. The quantitative estimate of drug-likeness (QED) is 0.628. The zero-order valence-electron chi connectivity index (χ0n) is 14.9. The average molecular weight is 408 g/mol. The topological polar surface area (TPSA) is 83.1 Å². The van der Waals surface area contributed by atoms with E-state index >= 15 is 0 Å². The van der Waals surface area contributed by atoms with E-state index in [1.165, 1.54) is 6.20 Å². The van der Waals surface area contributed by atoms with Gasteiger partial charge in [0.1, 0.15) is 17.1 Å². The predicted octanol–water partition coefficient (Wildman–Crippen LogP) is 2.99. The second-order valence-corrected chi connectivity index (χ2v) is 6.95. The van der Waals surface area contributed by atoms with Crippen molar-refractivity contribution in [2.45, 2.75) is 0 Å². The van der Waals surface area contributed by atoms with E-state index in [-0.39, 0.29) is 12.5 Å². The van der Waals surface area contributed by atoms with Crippen molar-refractivity contribution >= 4 is 40.3 Å². The minimum atomic E-state index is -0.157. The summed E-state index contributed by atoms with van der Waals surface area (Å²) in [6, 6.07) is 7.23. The second kappa shape index (κ2) is 8.56. The van der Waals surface area contributed by atoms with Crippen molar-refractivity contribution in [1.82, 2.24) is 25.2 Å². The minimum Gasteiger partial charge on any atom is -0.484 e. The lowest BCUT2D eigenvalue weighted by molar-refractivity contribution is -0.123. The highest BCUT2D eigenvalue weighted by atomic mass is 35.5. The van der Waals surface area contributed by atoms with Crippen molar-refractivity contribution in [3.63, 3.8) is 0 Å². The number of hydrogen-bond donors (Lipinski definition) is 2. The molecule has 1 aromatic carbocycles. The molecule has 0 atom stereocenters. The van der Waals surface area contributed by atoms with E-state index in [1.807, 2.05) is 31.1 Å². The van der Waals surface area contributed by atoms with Crippen molar-refractivity contribution in [3.05, 3.63) is 40.5 Å². The number of halogens is 2. The summed E-state index contributed by atoms with van der Waals surface area (Å²) in [5.74, 6) is 1.06. The number of nitrogens with one attached hydrogen (secondary N) is 2. The fourth-order valence-corrected chi connectivity index (χ4v) is 2.68. The molecule has 3 rings (SSSR count). The summed E-state index contributed by atoms with van der Waals surface area (Å²) < 4.78 is 5.50. The van der Waals surface area contributed by atoms with Crippen molar-refractivity contribution in [2.24, 2.45) is 0 Å². The van der Waals surface area contributed by atoms with Crippen LogP contribution in [-0.2, 0) is 4.79 Å². The van der Waals surface area contributed by atoms with E-state index < -0.39 is 0 Å². The van der Waals surface area contributed by atoms with E-state index in [1.54, 1.807) is 12.1 Å². The molecule has 0 aliphatic heterocycles. The number of fused-ring (bicyclic) bond motifs is 1. The van der Waals surface area contributed by atoms with Gasteiger partial charge in [0.05, 0.1) is 10.0 Å². The first-order chi connectivity index (χ1) is 12.9. The summed E-state index contributed by atoms with van der Waals surface area (Å²) in [4.78, 5) is 25.5. The molecule has 27 heavy (non-hydrogen) atoms. The Hall–Kier alpha value is -2.35. The standard InChI is InChI=1S/C18H19Cl2N5O2/c1-25(2)8-7-21-14(26)10-27-12-5-3-11(4-6-12)17-23-16-15(20)13(19)9-22-18(16)24-17/h3-6,9H,7-8,10H2,1-2H3,(H,21,26)(H,22,23,24). The Bertz CT molecular complexity index is 941. The fourth-order valence-electron chi connectivity index (χ4n) is 2.37. The highest BCUT2D eigenvalue weighted by Gasteiger charge is 2.12. The van der Waals surface area contributed by atoms with Gasteiger partial charge in [-0.25, -0.2) is 9.97 Å². The zero-order chi connectivity index (χ0) is 19.4. The van der Waals surface area contributed by atoms with Gasteiger partial charge >= 0.3 is 0 Å². The Balaban J connectivity index is 1.62. The number of aromatic nitrogens is 3. The molecule has 0 saturated carbocycles. The zero-order valence-corrected chi connectivity index (χ0v) is 16.4. The van der Waals surface area contributed by atoms with Gasteiger partial charge in [0, 0.05) is 24.8 Å². The lowest BCUT2D eigenvalue weighted by atomic mass is 10.2. The van der Waals surface area contributed by atoms with Crippen LogP contribution in [-0.4, -0.2) is 59.6 Å². The molecule has 1 amide bonds. The normalized spacial score (nSPS) is 11.1. The summed E-state index contributed by atoms with van der Waals surface area (Å²) in [6.45, 7) is 1.33. The van der Waals surface area contributed by atoms with Gasteiger partial charge in [0.25, 0.3) is 5.91 Å². The molecule has 0 aliphatic rings. The molecule has 7 nitrogen and oxygen atoms in total. The molecule has 0 fully saturated rings. The summed E-state index contributed by atoms with van der Waals surface area (Å²) in [5, 5.41) is 3.52. The van der Waals surface area contributed by atoms with E-state index in [2.05, 4.69) is 20.3 Å². The number of carbonyl (C=O) groups excluding carboxylic acids is 1. The van der Waals surface area contributed by atoms with E-state index in [4.69, 9.17) is 27.9 Å². The number of likely N-dealkylation sites (N-methyl/N-ethyl adjacent to an activating group) is 1. The van der Waals surface area contributed by atoms with Crippen LogP contribution in [0.2, 0.25) is 10.0 Å². The third kappa shape index (κ3) is 4.88. The molecule has 0 unspecified atom stereocenters. The molecule has 0 bridgehead atoms. The maximum Gasteiger partial charge on any atom is 0.257 e. The van der Waals surface area contributed by atoms with Crippen LogP contribution in [0.5, 0.6) is 5.75 Å². The van der Waals surface area contributed by atoms with Crippen LogP contribution in [0.3, 0.4) is 0 Å². The lowest BCUT2D eigenvalue weighted by Crippen LogP contribution is -2.34. The minimum absolute atomic E-state index is 0.0323. The smallest absolute Gasteiger partial charge is 0.257 e. The first-order valence-electron chi connectivity index (χ1n) is 8.28. The van der Waals surface area contributed by atoms with Gasteiger partial charge in [-0.05, 0) is 38.4 Å². The second-order valence-electron chi connectivity index (χ2n) is 6.17. The van der Waals surface area contributed by atoms with Crippen LogP contribution < -0.4 is 10.1 Å². The maximum absolute atomic E-state index is 11.7. The van der Waals surface area contributed by atoms with Crippen LogP contribution in [0, 0.1) is 0 Å². The Morgan fingerprint density at radius 1 is 1.26 bits per heavy atom. The number of H-pyrrole nitrogens is 1. The van der Waals surface area contributed by atoms with Crippen LogP contribution in [0.1, 0.15) is 0 Å². The Morgan fingerprint density at radius 2 is 2.00 bits per heavy atom. The fraction of sp³-hybridized carbons (Fsp3) is 0.278. The largest absolute Gasteiger partial charge is 0.484 e. The molecular formula is C18H19Cl2N5O2. The molecule has 142 valence electrons. The molecule has 2 aromatic heterocycles. The van der Waals surface area contributed by atoms with Crippen molar-refractivity contribution in [1.29, 1.82) is 0 Å². The third-order valence-electron chi connectivity index (χ3n) is 3.79. The molecule has 0 radical (unpaired) electrons. The SMILES string of the molecule is CN(C)CCNC(=O)COc1ccc(-c2nc3c(Cl)c(Cl)cnc3[nH]2)cc1. The van der Waals surface area contributed by atoms with E-state index in [9.17, 15) is 4.79 Å². The van der Waals surface area contributed by atoms with Gasteiger partial charge in [-0.3, -0.25) is 4.79 Å². The molecular weight excluding hydrogens is 389 g/mol. The van der Waals surface area contributed by atoms with Crippen LogP contribution >= 0.6 is 23.2 Å². The molecule has 9 heteroatoms. The lowest BCUT2D eigenvalue weighted by Gasteiger charge is -2.11. The number of benzene rings is 1. The van der Waals surface area contributed by atoms with Gasteiger partial charge in [0.15, 0.2) is 12.3 Å². The third-order valence-corrected chi connectivity index (χ3v) is 4.55. The molecule has 3 aromatic rings. The van der Waals surface area contributed by atoms with Crippen LogP contribution in [0.15, 0.2) is 30.5 Å². The van der Waals surface area contributed by atoms with Gasteiger partial charge in [-0.15, -0.1) is 0 Å². The summed E-state index contributed by atoms with van der Waals surface area (Å²) >= 11 is 12.1. The van der Waals surface area contributed by atoms with E-state index in [0.29, 0.717) is 39.3 Å². The monoisotopic (exact) mass is 407 g/mol. The van der Waals surface area contributed by atoms with Gasteiger partial charge < -0.3 is 19.9 Å². The van der Waals surface area contributed by atoms with Gasteiger partial charge in [-0.1, -0.05) is 23.2 Å². The maximum atomic E-state index is 11.7. The Kier molecular flexibility index (Phi) is 6.15. The number of nitrogens with zero attached hydrogens (tertiary/aromatic N) is 3. The average Bonchev–Trinajstić information content (AvgIpc) is 3.08. The first-order valence-corrected chi connectivity index (χ1v) is 9.04. The number of hydrogen-bond acceptors (Lipinski definition) is 5. The first kappa shape index (κ1) is 19.4. The summed E-state index contributed by atoms with van der Waals surface area (Å²) in [5.41, 5.74) is 1.92. The molecule has 2 heterocycles. The van der Waals surface area contributed by atoms with Gasteiger partial charge in [-0.2, -0.15) is 0 Å². The van der Waals surface area contributed by atoms with Crippen molar-refractivity contribution < 1.29 is 9.53 Å². The molecule has 0 saturated heterocycles. The number of rotatable bonds is 7. The number of pyridine rings is 1. The summed E-state index contributed by atoms with van der Waals surface area (Å²) in [6.07, 6.45) is 1.48. The van der Waals surface area contributed by atoms with Crippen LogP contribution in [0.4, 0.5) is 0 Å². The Labute approximate surface area is 166 Å². The highest BCUT2D eigenvalue weighted by Crippen LogP contribution is 2.30. The summed E-state index contributed by atoms with van der Waals surface area (Å²) in [7, 11) is 3.90. The van der Waals surface area contributed by atoms with E-state index in [0.717, 1.165) is 12.1 Å². The molecule has 2 N–H and O–H groups in total.